The van der Waals surface area contributed by atoms with Crippen molar-refractivity contribution in [3.63, 3.8) is 0 Å². The maximum absolute atomic E-state index is 11.5. The molecule has 0 saturated heterocycles. The van der Waals surface area contributed by atoms with E-state index in [0.29, 0.717) is 18.9 Å². The van der Waals surface area contributed by atoms with E-state index < -0.39 is 12.0 Å². The Balaban J connectivity index is 2.36. The van der Waals surface area contributed by atoms with E-state index >= 15 is 0 Å². The summed E-state index contributed by atoms with van der Waals surface area (Å²) in [5.41, 5.74) is 1.22. The minimum absolute atomic E-state index is 0.235. The Morgan fingerprint density at radius 1 is 1.32 bits per heavy atom. The Hall–Kier alpha value is -1.56. The normalized spacial score (nSPS) is 12.0. The van der Waals surface area contributed by atoms with Gasteiger partial charge in [-0.3, -0.25) is 9.59 Å². The Kier molecular flexibility index (Phi) is 7.38. The van der Waals surface area contributed by atoms with E-state index in [1.165, 1.54) is 12.5 Å². The first-order chi connectivity index (χ1) is 10.3. The second kappa shape index (κ2) is 8.78. The van der Waals surface area contributed by atoms with Crippen LogP contribution in [0, 0.1) is 0 Å². The zero-order valence-electron chi connectivity index (χ0n) is 13.1. The number of hydrogen-bond acceptors (Lipinski definition) is 3. The third-order valence-corrected chi connectivity index (χ3v) is 3.80. The standard InChI is InChI=1S/C16H22BrNO4/c1-10(2)12-6-7-14(13(17)9-12)22-8-4-5-15(19)18-11(3)16(20)21/h6-7,9-11H,4-5,8H2,1-3H3,(H,18,19)(H,20,21). The maximum Gasteiger partial charge on any atom is 0.325 e. The molecule has 5 nitrogen and oxygen atoms in total. The molecule has 122 valence electrons. The number of aliphatic carboxylic acids is 1. The fourth-order valence-corrected chi connectivity index (χ4v) is 2.29. The molecule has 1 unspecified atom stereocenters. The van der Waals surface area contributed by atoms with Crippen LogP contribution in [-0.4, -0.2) is 29.6 Å². The number of carboxylic acid groups (broad SMARTS) is 1. The Labute approximate surface area is 139 Å². The minimum Gasteiger partial charge on any atom is -0.492 e. The van der Waals surface area contributed by atoms with E-state index in [-0.39, 0.29) is 12.3 Å². The molecule has 0 bridgehead atoms. The van der Waals surface area contributed by atoms with Crippen LogP contribution in [0.5, 0.6) is 5.75 Å². The molecular formula is C16H22BrNO4. The molecule has 0 aliphatic rings. The van der Waals surface area contributed by atoms with Crippen LogP contribution in [0.1, 0.15) is 45.1 Å². The van der Waals surface area contributed by atoms with E-state index in [0.717, 1.165) is 10.2 Å². The van der Waals surface area contributed by atoms with Crippen LogP contribution in [0.3, 0.4) is 0 Å². The second-order valence-electron chi connectivity index (χ2n) is 5.42. The lowest BCUT2D eigenvalue weighted by atomic mass is 10.0. The van der Waals surface area contributed by atoms with Gasteiger partial charge >= 0.3 is 5.97 Å². The average molecular weight is 372 g/mol. The molecule has 0 heterocycles. The molecule has 0 radical (unpaired) electrons. The molecule has 0 spiro atoms. The van der Waals surface area contributed by atoms with E-state index in [1.54, 1.807) is 0 Å². The lowest BCUT2D eigenvalue weighted by Crippen LogP contribution is -2.38. The maximum atomic E-state index is 11.5. The predicted octanol–water partition coefficient (Wildman–Crippen LogP) is 3.32. The molecule has 1 atom stereocenters. The van der Waals surface area contributed by atoms with Crippen LogP contribution in [0.25, 0.3) is 0 Å². The summed E-state index contributed by atoms with van der Waals surface area (Å²) in [6.07, 6.45) is 0.760. The number of amides is 1. The molecule has 1 aromatic carbocycles. The summed E-state index contributed by atoms with van der Waals surface area (Å²) >= 11 is 3.48. The van der Waals surface area contributed by atoms with Gasteiger partial charge in [-0.1, -0.05) is 19.9 Å². The highest BCUT2D eigenvalue weighted by Gasteiger charge is 2.13. The number of carbonyl (C=O) groups is 2. The summed E-state index contributed by atoms with van der Waals surface area (Å²) in [6, 6.07) is 5.09. The minimum atomic E-state index is -1.04. The largest absolute Gasteiger partial charge is 0.492 e. The summed E-state index contributed by atoms with van der Waals surface area (Å²) in [7, 11) is 0. The summed E-state index contributed by atoms with van der Waals surface area (Å²) in [5, 5.41) is 11.1. The zero-order valence-corrected chi connectivity index (χ0v) is 14.6. The monoisotopic (exact) mass is 371 g/mol. The number of halogens is 1. The molecule has 1 aromatic rings. The lowest BCUT2D eigenvalue weighted by molar-refractivity contribution is -0.141. The third kappa shape index (κ3) is 6.05. The van der Waals surface area contributed by atoms with Crippen molar-refractivity contribution in [2.45, 2.75) is 45.6 Å². The third-order valence-electron chi connectivity index (χ3n) is 3.18. The number of rotatable bonds is 8. The van der Waals surface area contributed by atoms with Gasteiger partial charge in [-0.05, 0) is 52.9 Å². The predicted molar refractivity (Wildman–Crippen MR) is 88.2 cm³/mol. The Morgan fingerprint density at radius 2 is 2.00 bits per heavy atom. The van der Waals surface area contributed by atoms with Crippen molar-refractivity contribution >= 4 is 27.8 Å². The molecule has 6 heteroatoms. The van der Waals surface area contributed by atoms with Gasteiger partial charge < -0.3 is 15.2 Å². The van der Waals surface area contributed by atoms with Crippen molar-refractivity contribution < 1.29 is 19.4 Å². The van der Waals surface area contributed by atoms with Crippen LogP contribution in [0.15, 0.2) is 22.7 Å². The number of ether oxygens (including phenoxy) is 1. The van der Waals surface area contributed by atoms with Gasteiger partial charge in [0.25, 0.3) is 0 Å². The fourth-order valence-electron chi connectivity index (χ4n) is 1.78. The molecular weight excluding hydrogens is 350 g/mol. The first-order valence-corrected chi connectivity index (χ1v) is 8.05. The van der Waals surface area contributed by atoms with Crippen LogP contribution >= 0.6 is 15.9 Å². The summed E-state index contributed by atoms with van der Waals surface area (Å²) < 4.78 is 6.52. The molecule has 0 saturated carbocycles. The quantitative estimate of drug-likeness (QED) is 0.687. The topological polar surface area (TPSA) is 75.6 Å². The van der Waals surface area contributed by atoms with Crippen molar-refractivity contribution in [2.24, 2.45) is 0 Å². The number of hydrogen-bond donors (Lipinski definition) is 2. The van der Waals surface area contributed by atoms with Gasteiger partial charge in [-0.25, -0.2) is 0 Å². The van der Waals surface area contributed by atoms with Gasteiger partial charge in [0.15, 0.2) is 0 Å². The number of carbonyl (C=O) groups excluding carboxylic acids is 1. The highest BCUT2D eigenvalue weighted by molar-refractivity contribution is 9.10. The molecule has 0 aromatic heterocycles. The van der Waals surface area contributed by atoms with Crippen molar-refractivity contribution in [1.82, 2.24) is 5.32 Å². The Morgan fingerprint density at radius 3 is 2.55 bits per heavy atom. The summed E-state index contributed by atoms with van der Waals surface area (Å²) in [6.45, 7) is 6.08. The fraction of sp³-hybridized carbons (Fsp3) is 0.500. The zero-order chi connectivity index (χ0) is 16.7. The SMILES string of the molecule is CC(NC(=O)CCCOc1ccc(C(C)C)cc1Br)C(=O)O. The van der Waals surface area contributed by atoms with Crippen LogP contribution in [0.4, 0.5) is 0 Å². The number of carboxylic acids is 1. The van der Waals surface area contributed by atoms with Crippen molar-refractivity contribution in [2.75, 3.05) is 6.61 Å². The Bertz CT molecular complexity index is 531. The number of nitrogens with one attached hydrogen (secondary N) is 1. The highest BCUT2D eigenvalue weighted by Crippen LogP contribution is 2.28. The first-order valence-electron chi connectivity index (χ1n) is 7.25. The van der Waals surface area contributed by atoms with Crippen LogP contribution in [0.2, 0.25) is 0 Å². The number of benzene rings is 1. The van der Waals surface area contributed by atoms with Gasteiger partial charge in [0.1, 0.15) is 11.8 Å². The van der Waals surface area contributed by atoms with Gasteiger partial charge in [0.05, 0.1) is 11.1 Å². The lowest BCUT2D eigenvalue weighted by Gasteiger charge is -2.12. The van der Waals surface area contributed by atoms with Crippen LogP contribution in [-0.2, 0) is 9.59 Å². The van der Waals surface area contributed by atoms with E-state index in [1.807, 2.05) is 18.2 Å². The van der Waals surface area contributed by atoms with E-state index in [4.69, 9.17) is 9.84 Å². The smallest absolute Gasteiger partial charge is 0.325 e. The van der Waals surface area contributed by atoms with Gasteiger partial charge in [-0.2, -0.15) is 0 Å². The second-order valence-corrected chi connectivity index (χ2v) is 6.28. The average Bonchev–Trinajstić information content (AvgIpc) is 2.44. The highest BCUT2D eigenvalue weighted by atomic mass is 79.9. The van der Waals surface area contributed by atoms with Gasteiger partial charge in [-0.15, -0.1) is 0 Å². The molecule has 1 amide bonds. The van der Waals surface area contributed by atoms with Gasteiger partial charge in [0.2, 0.25) is 5.91 Å². The first kappa shape index (κ1) is 18.5. The van der Waals surface area contributed by atoms with E-state index in [9.17, 15) is 9.59 Å². The van der Waals surface area contributed by atoms with Crippen molar-refractivity contribution in [1.29, 1.82) is 0 Å². The molecule has 0 aliphatic heterocycles. The molecule has 22 heavy (non-hydrogen) atoms. The summed E-state index contributed by atoms with van der Waals surface area (Å²) in [4.78, 5) is 22.1. The van der Waals surface area contributed by atoms with E-state index in [2.05, 4.69) is 35.1 Å². The molecule has 0 fully saturated rings. The molecule has 0 aliphatic carbocycles. The van der Waals surface area contributed by atoms with Gasteiger partial charge in [0, 0.05) is 6.42 Å². The van der Waals surface area contributed by atoms with Crippen LogP contribution < -0.4 is 10.1 Å². The van der Waals surface area contributed by atoms with Crippen molar-refractivity contribution in [3.05, 3.63) is 28.2 Å². The summed E-state index contributed by atoms with van der Waals surface area (Å²) in [5.74, 6) is -0.138. The molecule has 1 rings (SSSR count). The van der Waals surface area contributed by atoms with Crippen molar-refractivity contribution in [3.8, 4) is 5.75 Å². The molecule has 2 N–H and O–H groups in total.